The van der Waals surface area contributed by atoms with E-state index in [0.717, 1.165) is 19.3 Å². The van der Waals surface area contributed by atoms with Gasteiger partial charge in [-0.15, -0.1) is 0 Å². The van der Waals surface area contributed by atoms with Gasteiger partial charge in [-0.25, -0.2) is 0 Å². The average molecular weight is 393 g/mol. The highest BCUT2D eigenvalue weighted by atomic mass is 16.5. The summed E-state index contributed by atoms with van der Waals surface area (Å²) in [5, 5.41) is 0. The predicted molar refractivity (Wildman–Crippen MR) is 107 cm³/mol. The van der Waals surface area contributed by atoms with Crippen molar-refractivity contribution >= 4 is 23.3 Å². The normalized spacial score (nSPS) is 17.3. The molecule has 6 nitrogen and oxygen atoms in total. The fraction of sp³-hybridized carbons (Fsp3) is 0.348. The number of Topliss-reactive ketones (excluding diaryl/α,β-unsaturated/α-hetero) is 1. The molecule has 1 heterocycles. The van der Waals surface area contributed by atoms with Crippen molar-refractivity contribution in [2.75, 3.05) is 18.1 Å². The minimum atomic E-state index is -0.609. The molecule has 0 N–H and O–H groups in total. The van der Waals surface area contributed by atoms with Crippen LogP contribution in [0.2, 0.25) is 0 Å². The molecule has 1 aliphatic carbocycles. The Kier molecular flexibility index (Phi) is 5.34. The lowest BCUT2D eigenvalue weighted by atomic mass is 10.0. The number of ketones is 1. The highest BCUT2D eigenvalue weighted by molar-refractivity contribution is 6.00. The van der Waals surface area contributed by atoms with Gasteiger partial charge in [-0.3, -0.25) is 14.4 Å². The Morgan fingerprint density at radius 2 is 1.93 bits per heavy atom. The minimum absolute atomic E-state index is 0.00423. The maximum atomic E-state index is 12.4. The highest BCUT2D eigenvalue weighted by Gasteiger charge is 2.31. The number of anilines is 1. The topological polar surface area (TPSA) is 72.9 Å². The third-order valence-electron chi connectivity index (χ3n) is 5.40. The van der Waals surface area contributed by atoms with Gasteiger partial charge in [-0.05, 0) is 55.5 Å². The number of benzene rings is 2. The fourth-order valence-corrected chi connectivity index (χ4v) is 3.84. The standard InChI is InChI=1S/C23H23NO5/c1-15-23(27)24(19-7-2-3-8-21(19)29-15)12-11-22(26)28-14-20(25)18-10-9-16-5-4-6-17(16)13-18/h2-3,7-10,13,15H,4-6,11-12,14H2,1H3. The Morgan fingerprint density at radius 1 is 1.14 bits per heavy atom. The second-order valence-corrected chi connectivity index (χ2v) is 7.39. The number of fused-ring (bicyclic) bond motifs is 2. The zero-order chi connectivity index (χ0) is 20.4. The first-order valence-corrected chi connectivity index (χ1v) is 9.90. The van der Waals surface area contributed by atoms with Gasteiger partial charge >= 0.3 is 5.97 Å². The van der Waals surface area contributed by atoms with Crippen LogP contribution < -0.4 is 9.64 Å². The smallest absolute Gasteiger partial charge is 0.308 e. The van der Waals surface area contributed by atoms with Crippen LogP contribution in [0.3, 0.4) is 0 Å². The van der Waals surface area contributed by atoms with Crippen LogP contribution in [0, 0.1) is 0 Å². The number of para-hydroxylation sites is 2. The number of ether oxygens (including phenoxy) is 2. The third kappa shape index (κ3) is 4.01. The molecule has 0 spiro atoms. The summed E-state index contributed by atoms with van der Waals surface area (Å²) in [7, 11) is 0. The van der Waals surface area contributed by atoms with Crippen molar-refractivity contribution in [3.8, 4) is 5.75 Å². The second-order valence-electron chi connectivity index (χ2n) is 7.39. The van der Waals surface area contributed by atoms with E-state index in [1.807, 2.05) is 24.3 Å². The molecule has 150 valence electrons. The molecular formula is C23H23NO5. The van der Waals surface area contributed by atoms with Crippen molar-refractivity contribution in [2.45, 2.75) is 38.7 Å². The number of amides is 1. The second kappa shape index (κ2) is 8.07. The van der Waals surface area contributed by atoms with Gasteiger partial charge in [0.25, 0.3) is 5.91 Å². The predicted octanol–water partition coefficient (Wildman–Crippen LogP) is 3.11. The van der Waals surface area contributed by atoms with E-state index in [-0.39, 0.29) is 31.3 Å². The van der Waals surface area contributed by atoms with Gasteiger partial charge in [0, 0.05) is 12.1 Å². The number of rotatable bonds is 6. The van der Waals surface area contributed by atoms with E-state index in [1.165, 1.54) is 16.0 Å². The number of aryl methyl sites for hydroxylation is 2. The largest absolute Gasteiger partial charge is 0.479 e. The summed E-state index contributed by atoms with van der Waals surface area (Å²) in [6, 6.07) is 12.9. The third-order valence-corrected chi connectivity index (χ3v) is 5.40. The van der Waals surface area contributed by atoms with E-state index < -0.39 is 12.1 Å². The molecule has 1 amide bonds. The Labute approximate surface area is 169 Å². The van der Waals surface area contributed by atoms with E-state index >= 15 is 0 Å². The van der Waals surface area contributed by atoms with E-state index in [2.05, 4.69) is 0 Å². The molecule has 2 aliphatic rings. The van der Waals surface area contributed by atoms with Gasteiger partial charge in [-0.1, -0.05) is 24.3 Å². The van der Waals surface area contributed by atoms with Crippen molar-refractivity contribution in [3.05, 3.63) is 59.2 Å². The lowest BCUT2D eigenvalue weighted by Gasteiger charge is -2.32. The van der Waals surface area contributed by atoms with Crippen LogP contribution in [0.15, 0.2) is 42.5 Å². The van der Waals surface area contributed by atoms with Gasteiger partial charge in [0.1, 0.15) is 5.75 Å². The molecule has 1 atom stereocenters. The van der Waals surface area contributed by atoms with Crippen LogP contribution in [0.4, 0.5) is 5.69 Å². The average Bonchev–Trinajstić information content (AvgIpc) is 3.20. The van der Waals surface area contributed by atoms with Crippen LogP contribution in [0.1, 0.15) is 41.3 Å². The van der Waals surface area contributed by atoms with Gasteiger partial charge in [0.05, 0.1) is 12.1 Å². The van der Waals surface area contributed by atoms with Gasteiger partial charge < -0.3 is 14.4 Å². The first-order valence-electron chi connectivity index (χ1n) is 9.90. The Morgan fingerprint density at radius 3 is 2.79 bits per heavy atom. The molecule has 1 aliphatic heterocycles. The lowest BCUT2D eigenvalue weighted by molar-refractivity contribution is -0.142. The molecule has 0 aromatic heterocycles. The number of hydrogen-bond donors (Lipinski definition) is 0. The van der Waals surface area contributed by atoms with Gasteiger partial charge in [0.15, 0.2) is 18.5 Å². The summed E-state index contributed by atoms with van der Waals surface area (Å²) in [4.78, 5) is 38.5. The Bertz CT molecular complexity index is 967. The van der Waals surface area contributed by atoms with Gasteiger partial charge in [-0.2, -0.15) is 0 Å². The highest BCUT2D eigenvalue weighted by Crippen LogP contribution is 2.33. The number of nitrogens with zero attached hydrogens (tertiary/aromatic N) is 1. The minimum Gasteiger partial charge on any atom is -0.479 e. The summed E-state index contributed by atoms with van der Waals surface area (Å²) in [5.41, 5.74) is 3.71. The first kappa shape index (κ1) is 19.2. The van der Waals surface area contributed by atoms with E-state index in [0.29, 0.717) is 17.0 Å². The molecule has 0 fully saturated rings. The maximum absolute atomic E-state index is 12.4. The lowest BCUT2D eigenvalue weighted by Crippen LogP contribution is -2.45. The summed E-state index contributed by atoms with van der Waals surface area (Å²) < 4.78 is 10.7. The summed E-state index contributed by atoms with van der Waals surface area (Å²) in [6.45, 7) is 1.57. The van der Waals surface area contributed by atoms with Crippen molar-refractivity contribution in [2.24, 2.45) is 0 Å². The first-order chi connectivity index (χ1) is 14.0. The molecule has 0 saturated heterocycles. The summed E-state index contributed by atoms with van der Waals surface area (Å²) in [6.07, 6.45) is 2.56. The zero-order valence-corrected chi connectivity index (χ0v) is 16.3. The molecule has 29 heavy (non-hydrogen) atoms. The Hall–Kier alpha value is -3.15. The quantitative estimate of drug-likeness (QED) is 0.557. The van der Waals surface area contributed by atoms with Crippen molar-refractivity contribution in [1.82, 2.24) is 0 Å². The number of hydrogen-bond acceptors (Lipinski definition) is 5. The van der Waals surface area contributed by atoms with Crippen LogP contribution in [0.5, 0.6) is 5.75 Å². The molecule has 4 rings (SSSR count). The molecular weight excluding hydrogens is 370 g/mol. The van der Waals surface area contributed by atoms with E-state index in [1.54, 1.807) is 25.1 Å². The molecule has 0 saturated carbocycles. The fourth-order valence-electron chi connectivity index (χ4n) is 3.84. The van der Waals surface area contributed by atoms with Crippen LogP contribution in [-0.2, 0) is 27.2 Å². The zero-order valence-electron chi connectivity index (χ0n) is 16.3. The van der Waals surface area contributed by atoms with Crippen LogP contribution in [0.25, 0.3) is 0 Å². The van der Waals surface area contributed by atoms with Crippen molar-refractivity contribution < 1.29 is 23.9 Å². The Balaban J connectivity index is 1.32. The maximum Gasteiger partial charge on any atom is 0.308 e. The molecule has 2 aromatic carbocycles. The summed E-state index contributed by atoms with van der Waals surface area (Å²) >= 11 is 0. The SMILES string of the molecule is CC1Oc2ccccc2N(CCC(=O)OCC(=O)c2ccc3c(c2)CCC3)C1=O. The molecule has 2 aromatic rings. The number of carbonyl (C=O) groups is 3. The molecule has 6 heteroatoms. The van der Waals surface area contributed by atoms with Crippen molar-refractivity contribution in [3.63, 3.8) is 0 Å². The molecule has 0 radical (unpaired) electrons. The molecule has 0 bridgehead atoms. The monoisotopic (exact) mass is 393 g/mol. The van der Waals surface area contributed by atoms with E-state index in [4.69, 9.17) is 9.47 Å². The van der Waals surface area contributed by atoms with Crippen molar-refractivity contribution in [1.29, 1.82) is 0 Å². The molecule has 1 unspecified atom stereocenters. The number of carbonyl (C=O) groups excluding carboxylic acids is 3. The van der Waals surface area contributed by atoms with Crippen LogP contribution in [-0.4, -0.2) is 36.9 Å². The van der Waals surface area contributed by atoms with E-state index in [9.17, 15) is 14.4 Å². The van der Waals surface area contributed by atoms with Gasteiger partial charge in [0.2, 0.25) is 0 Å². The van der Waals surface area contributed by atoms with Crippen LogP contribution >= 0.6 is 0 Å². The summed E-state index contributed by atoms with van der Waals surface area (Å²) in [5.74, 6) is -0.316. The number of esters is 1.